The molecule has 0 atom stereocenters. The quantitative estimate of drug-likeness (QED) is 0.844. The van der Waals surface area contributed by atoms with Gasteiger partial charge in [0.15, 0.2) is 0 Å². The maximum absolute atomic E-state index is 12.0. The summed E-state index contributed by atoms with van der Waals surface area (Å²) in [5, 5.41) is 0. The number of H-pyrrole nitrogens is 1. The van der Waals surface area contributed by atoms with Crippen molar-refractivity contribution in [1.82, 2.24) is 9.97 Å². The van der Waals surface area contributed by atoms with Gasteiger partial charge in [-0.2, -0.15) is 0 Å². The molecule has 0 amide bonds. The van der Waals surface area contributed by atoms with E-state index in [1.54, 1.807) is 18.5 Å². The van der Waals surface area contributed by atoms with E-state index in [1.807, 2.05) is 6.07 Å². The molecule has 2 heterocycles. The number of esters is 1. The highest BCUT2D eigenvalue weighted by Crippen LogP contribution is 2.25. The van der Waals surface area contributed by atoms with Crippen LogP contribution in [0.1, 0.15) is 36.0 Å². The summed E-state index contributed by atoms with van der Waals surface area (Å²) in [5.41, 5.74) is 2.13. The number of ether oxygens (including phenoxy) is 1. The molecule has 0 radical (unpaired) electrons. The monoisotopic (exact) mass is 244 g/mol. The van der Waals surface area contributed by atoms with E-state index in [4.69, 9.17) is 4.74 Å². The third-order valence-electron chi connectivity index (χ3n) is 3.59. The Bertz CT molecular complexity index is 556. The van der Waals surface area contributed by atoms with Crippen LogP contribution in [0.15, 0.2) is 24.5 Å². The molecule has 4 nitrogen and oxygen atoms in total. The number of nitrogens with zero attached hydrogens (tertiary/aromatic N) is 1. The maximum Gasteiger partial charge on any atom is 0.340 e. The number of pyridine rings is 1. The third-order valence-corrected chi connectivity index (χ3v) is 3.59. The molecule has 1 aliphatic rings. The fourth-order valence-corrected chi connectivity index (χ4v) is 2.58. The van der Waals surface area contributed by atoms with E-state index in [-0.39, 0.29) is 5.97 Å². The topological polar surface area (TPSA) is 55.0 Å². The summed E-state index contributed by atoms with van der Waals surface area (Å²) >= 11 is 0. The van der Waals surface area contributed by atoms with Gasteiger partial charge in [0.05, 0.1) is 23.2 Å². The van der Waals surface area contributed by atoms with Crippen LogP contribution in [0.5, 0.6) is 0 Å². The van der Waals surface area contributed by atoms with Crippen LogP contribution in [0.4, 0.5) is 0 Å². The van der Waals surface area contributed by atoms with Crippen molar-refractivity contribution in [2.45, 2.75) is 25.7 Å². The molecule has 0 spiro atoms. The van der Waals surface area contributed by atoms with Gasteiger partial charge < -0.3 is 9.72 Å². The number of hydrogen-bond donors (Lipinski definition) is 1. The maximum atomic E-state index is 12.0. The summed E-state index contributed by atoms with van der Waals surface area (Å²) in [5.74, 6) is 0.298. The lowest BCUT2D eigenvalue weighted by Crippen LogP contribution is -2.12. The van der Waals surface area contributed by atoms with Crippen LogP contribution >= 0.6 is 0 Å². The molecule has 0 bridgehead atoms. The molecule has 4 heteroatoms. The molecule has 1 aliphatic carbocycles. The van der Waals surface area contributed by atoms with Crippen molar-refractivity contribution in [3.63, 3.8) is 0 Å². The summed E-state index contributed by atoms with van der Waals surface area (Å²) in [6.45, 7) is 0.545. The van der Waals surface area contributed by atoms with Gasteiger partial charge >= 0.3 is 5.97 Å². The average Bonchev–Trinajstić information content (AvgIpc) is 3.05. The van der Waals surface area contributed by atoms with Gasteiger partial charge in [0.1, 0.15) is 0 Å². The number of carbonyl (C=O) groups is 1. The first-order valence-electron chi connectivity index (χ1n) is 6.44. The molecule has 1 N–H and O–H groups in total. The van der Waals surface area contributed by atoms with Crippen LogP contribution in [0.25, 0.3) is 11.0 Å². The highest BCUT2D eigenvalue weighted by molar-refractivity contribution is 6.01. The number of hydrogen-bond acceptors (Lipinski definition) is 3. The first kappa shape index (κ1) is 11.3. The van der Waals surface area contributed by atoms with Gasteiger partial charge in [-0.3, -0.25) is 4.98 Å². The molecule has 2 aromatic heterocycles. The minimum Gasteiger partial charge on any atom is -0.462 e. The van der Waals surface area contributed by atoms with Crippen molar-refractivity contribution in [3.05, 3.63) is 30.1 Å². The molecular formula is C14H16N2O2. The fourth-order valence-electron chi connectivity index (χ4n) is 2.58. The van der Waals surface area contributed by atoms with Crippen LogP contribution in [0, 0.1) is 5.92 Å². The normalized spacial score (nSPS) is 16.2. The minimum atomic E-state index is -0.253. The Hall–Kier alpha value is -1.84. The van der Waals surface area contributed by atoms with Crippen LogP contribution in [-0.4, -0.2) is 22.5 Å². The Labute approximate surface area is 105 Å². The van der Waals surface area contributed by atoms with Crippen molar-refractivity contribution >= 4 is 17.0 Å². The molecule has 0 unspecified atom stereocenters. The second-order valence-corrected chi connectivity index (χ2v) is 4.85. The second kappa shape index (κ2) is 4.80. The SMILES string of the molecule is O=C(OCC1CCCC1)c1ccnc2cc[nH]c12. The molecule has 2 aromatic rings. The predicted molar refractivity (Wildman–Crippen MR) is 68.3 cm³/mol. The Morgan fingerprint density at radius 2 is 2.22 bits per heavy atom. The number of rotatable bonds is 3. The zero-order chi connectivity index (χ0) is 12.4. The van der Waals surface area contributed by atoms with E-state index in [1.165, 1.54) is 25.7 Å². The van der Waals surface area contributed by atoms with Gasteiger partial charge in [-0.25, -0.2) is 4.79 Å². The molecule has 3 rings (SSSR count). The summed E-state index contributed by atoms with van der Waals surface area (Å²) in [6.07, 6.45) is 8.31. The summed E-state index contributed by atoms with van der Waals surface area (Å²) < 4.78 is 5.40. The summed E-state index contributed by atoms with van der Waals surface area (Å²) in [6, 6.07) is 3.55. The number of aromatic amines is 1. The lowest BCUT2D eigenvalue weighted by Gasteiger charge is -2.10. The molecule has 1 fully saturated rings. The Kier molecular flexibility index (Phi) is 3.00. The minimum absolute atomic E-state index is 0.253. The molecular weight excluding hydrogens is 228 g/mol. The van der Waals surface area contributed by atoms with Crippen molar-refractivity contribution in [1.29, 1.82) is 0 Å². The van der Waals surface area contributed by atoms with Crippen molar-refractivity contribution in [2.75, 3.05) is 6.61 Å². The highest BCUT2D eigenvalue weighted by Gasteiger charge is 2.18. The first-order chi connectivity index (χ1) is 8.84. The second-order valence-electron chi connectivity index (χ2n) is 4.85. The molecule has 0 saturated heterocycles. The Morgan fingerprint density at radius 3 is 3.06 bits per heavy atom. The van der Waals surface area contributed by atoms with E-state index in [9.17, 15) is 4.79 Å². The van der Waals surface area contributed by atoms with Crippen molar-refractivity contribution in [3.8, 4) is 0 Å². The lowest BCUT2D eigenvalue weighted by atomic mass is 10.1. The first-order valence-corrected chi connectivity index (χ1v) is 6.44. The number of carbonyl (C=O) groups excluding carboxylic acids is 1. The Balaban J connectivity index is 1.73. The molecule has 0 aliphatic heterocycles. The highest BCUT2D eigenvalue weighted by atomic mass is 16.5. The standard InChI is InChI=1S/C14H16N2O2/c17-14(18-9-10-3-1-2-4-10)11-5-7-15-12-6-8-16-13(11)12/h5-8,10,16H,1-4,9H2. The van der Waals surface area contributed by atoms with Gasteiger partial charge in [0.25, 0.3) is 0 Å². The smallest absolute Gasteiger partial charge is 0.340 e. The largest absolute Gasteiger partial charge is 0.462 e. The molecule has 94 valence electrons. The van der Waals surface area contributed by atoms with Crippen LogP contribution in [0.3, 0.4) is 0 Å². The zero-order valence-electron chi connectivity index (χ0n) is 10.2. The number of nitrogens with one attached hydrogen (secondary N) is 1. The average molecular weight is 244 g/mol. The van der Waals surface area contributed by atoms with Crippen molar-refractivity contribution in [2.24, 2.45) is 5.92 Å². The Morgan fingerprint density at radius 1 is 1.39 bits per heavy atom. The van der Waals surface area contributed by atoms with Gasteiger partial charge in [-0.1, -0.05) is 12.8 Å². The van der Waals surface area contributed by atoms with Gasteiger partial charge in [0, 0.05) is 12.4 Å². The van der Waals surface area contributed by atoms with E-state index < -0.39 is 0 Å². The molecule has 0 aromatic carbocycles. The van der Waals surface area contributed by atoms with Crippen LogP contribution in [-0.2, 0) is 4.74 Å². The third kappa shape index (κ3) is 2.10. The summed E-state index contributed by atoms with van der Waals surface area (Å²) in [7, 11) is 0. The van der Waals surface area contributed by atoms with E-state index in [0.717, 1.165) is 11.0 Å². The summed E-state index contributed by atoms with van der Waals surface area (Å²) in [4.78, 5) is 19.3. The van der Waals surface area contributed by atoms with Crippen LogP contribution < -0.4 is 0 Å². The van der Waals surface area contributed by atoms with E-state index in [0.29, 0.717) is 18.1 Å². The van der Waals surface area contributed by atoms with Gasteiger partial charge in [-0.05, 0) is 30.9 Å². The lowest BCUT2D eigenvalue weighted by molar-refractivity contribution is 0.0444. The number of aromatic nitrogens is 2. The van der Waals surface area contributed by atoms with E-state index >= 15 is 0 Å². The number of fused-ring (bicyclic) bond motifs is 1. The van der Waals surface area contributed by atoms with Crippen molar-refractivity contribution < 1.29 is 9.53 Å². The predicted octanol–water partition coefficient (Wildman–Crippen LogP) is 2.91. The fraction of sp³-hybridized carbons (Fsp3) is 0.429. The zero-order valence-corrected chi connectivity index (χ0v) is 10.2. The van der Waals surface area contributed by atoms with Gasteiger partial charge in [0.2, 0.25) is 0 Å². The van der Waals surface area contributed by atoms with Gasteiger partial charge in [-0.15, -0.1) is 0 Å². The van der Waals surface area contributed by atoms with Crippen LogP contribution in [0.2, 0.25) is 0 Å². The molecule has 1 saturated carbocycles. The van der Waals surface area contributed by atoms with E-state index in [2.05, 4.69) is 9.97 Å². The molecule has 18 heavy (non-hydrogen) atoms.